The Morgan fingerprint density at radius 3 is 2.26 bits per heavy atom. The van der Waals surface area contributed by atoms with Gasteiger partial charge in [0, 0.05) is 58.5 Å². The molecule has 0 aromatic heterocycles. The monoisotopic (exact) mass is 916 g/mol. The Hall–Kier alpha value is -3.11. The predicted octanol–water partition coefficient (Wildman–Crippen LogP) is 6.40. The average molecular weight is 916 g/mol. The number of allylic oxidation sites excluding steroid dienone is 4. The van der Waals surface area contributed by atoms with Crippen molar-refractivity contribution in [1.29, 1.82) is 0 Å². The first-order valence-corrected chi connectivity index (χ1v) is 24.2. The van der Waals surface area contributed by atoms with Gasteiger partial charge in [-0.25, -0.2) is 4.79 Å². The third-order valence-corrected chi connectivity index (χ3v) is 14.8. The molecule has 3 N–H and O–H groups in total. The lowest BCUT2D eigenvalue weighted by atomic mass is 9.78. The van der Waals surface area contributed by atoms with Gasteiger partial charge in [0.2, 0.25) is 5.79 Å². The molecule has 0 aromatic carbocycles. The number of aliphatic hydroxyl groups is 3. The van der Waals surface area contributed by atoms with Crippen LogP contribution < -0.4 is 0 Å². The second-order valence-electron chi connectivity index (χ2n) is 20.0. The molecule has 1 amide bonds. The van der Waals surface area contributed by atoms with Gasteiger partial charge in [-0.15, -0.1) is 0 Å². The fourth-order valence-corrected chi connectivity index (χ4v) is 10.4. The van der Waals surface area contributed by atoms with Crippen molar-refractivity contribution in [3.63, 3.8) is 0 Å². The molecule has 3 heterocycles. The first-order chi connectivity index (χ1) is 30.7. The summed E-state index contributed by atoms with van der Waals surface area (Å²) in [5, 5.41) is 33.9. The lowest BCUT2D eigenvalue weighted by Gasteiger charge is -2.42. The maximum Gasteiger partial charge on any atom is 0.329 e. The lowest BCUT2D eigenvalue weighted by molar-refractivity contribution is -0.265. The van der Waals surface area contributed by atoms with Gasteiger partial charge in [0.05, 0.1) is 24.4 Å². The highest BCUT2D eigenvalue weighted by molar-refractivity contribution is 6.39. The van der Waals surface area contributed by atoms with E-state index in [1.165, 1.54) is 12.0 Å². The Kier molecular flexibility index (Phi) is 21.2. The van der Waals surface area contributed by atoms with E-state index in [-0.39, 0.29) is 54.8 Å². The summed E-state index contributed by atoms with van der Waals surface area (Å²) in [5.41, 5.74) is 1.31. The minimum Gasteiger partial charge on any atom is -0.460 e. The summed E-state index contributed by atoms with van der Waals surface area (Å²) >= 11 is 0. The van der Waals surface area contributed by atoms with Crippen LogP contribution >= 0.6 is 0 Å². The smallest absolute Gasteiger partial charge is 0.329 e. The quantitative estimate of drug-likeness (QED) is 0.151. The molecule has 15 atom stereocenters. The van der Waals surface area contributed by atoms with Crippen molar-refractivity contribution in [3.8, 4) is 0 Å². The highest BCUT2D eigenvalue weighted by atomic mass is 16.6. The van der Waals surface area contributed by atoms with Crippen LogP contribution in [0, 0.1) is 35.5 Å². The first kappa shape index (κ1) is 54.5. The number of rotatable bonds is 6. The average Bonchev–Trinajstić information content (AvgIpc) is 3.28. The van der Waals surface area contributed by atoms with E-state index in [0.29, 0.717) is 63.4 Å². The van der Waals surface area contributed by atoms with E-state index in [4.69, 9.17) is 23.7 Å². The number of piperidine rings is 1. The summed E-state index contributed by atoms with van der Waals surface area (Å²) in [5.74, 6) is -7.63. The van der Waals surface area contributed by atoms with Crippen LogP contribution in [0.15, 0.2) is 35.5 Å². The zero-order valence-electron chi connectivity index (χ0n) is 40.9. The largest absolute Gasteiger partial charge is 0.460 e. The van der Waals surface area contributed by atoms with Crippen molar-refractivity contribution in [2.45, 2.75) is 193 Å². The molecule has 2 saturated heterocycles. The number of Topliss-reactive ketones (excluding diaryl/α,β-unsaturated/α-hetero) is 3. The van der Waals surface area contributed by atoms with Crippen LogP contribution in [0.25, 0.3) is 0 Å². The van der Waals surface area contributed by atoms with Crippen LogP contribution in [-0.2, 0) is 47.7 Å². The first-order valence-electron chi connectivity index (χ1n) is 24.2. The van der Waals surface area contributed by atoms with Gasteiger partial charge < -0.3 is 43.9 Å². The molecule has 65 heavy (non-hydrogen) atoms. The second kappa shape index (κ2) is 25.3. The molecule has 4 aliphatic rings. The highest BCUT2D eigenvalue weighted by Gasteiger charge is 2.53. The third-order valence-electron chi connectivity index (χ3n) is 14.8. The van der Waals surface area contributed by atoms with E-state index >= 15 is 0 Å². The van der Waals surface area contributed by atoms with Crippen molar-refractivity contribution < 1.29 is 63.0 Å². The molecule has 15 unspecified atom stereocenters. The fraction of sp³-hybridized carbons (Fsp3) is 0.784. The molecule has 0 spiro atoms. The van der Waals surface area contributed by atoms with Gasteiger partial charge in [-0.1, -0.05) is 58.9 Å². The van der Waals surface area contributed by atoms with Gasteiger partial charge in [0.15, 0.2) is 5.78 Å². The van der Waals surface area contributed by atoms with Crippen molar-refractivity contribution >= 4 is 29.2 Å². The zero-order chi connectivity index (χ0) is 48.2. The number of ether oxygens (including phenoxy) is 5. The summed E-state index contributed by atoms with van der Waals surface area (Å²) in [6.45, 7) is 12.9. The SMILES string of the molecule is COC1CC2CCC(C)C(O)(O2)C(=O)C(=O)N2CCCCC2C(=O)OC(C(C)CC2CCC(O)C(OC)C2)CC(=O)C(C)/C=C(\C)C(O)C(OC)C(=O)C(C)CC(C)CCC=CC=C1C. The summed E-state index contributed by atoms with van der Waals surface area (Å²) in [4.78, 5) is 71.8. The van der Waals surface area contributed by atoms with Crippen LogP contribution in [0.3, 0.4) is 0 Å². The standard InChI is InChI=1S/C51H81NO13/c1-30-16-12-11-13-17-31(2)42(61-8)28-38-21-19-36(7)51(60,65-38)48(57)49(58)52-23-15-14-18-39(52)50(59)64-43(33(4)26-37-20-22-40(53)44(27-37)62-9)29-41(54)32(3)25-35(6)46(56)47(63-10)45(55)34(5)24-30/h11,13,17,25,30,32-34,36-40,42-44,46-47,53,56,60H,12,14-16,18-24,26-29H2,1-10H3/b13-11?,31-17?,35-25+. The van der Waals surface area contributed by atoms with Crippen LogP contribution in [0.4, 0.5) is 0 Å². The molecule has 2 bridgehead atoms. The molecule has 1 saturated carbocycles. The molecular weight excluding hydrogens is 835 g/mol. The molecule has 0 aromatic rings. The van der Waals surface area contributed by atoms with Crippen LogP contribution in [-0.4, -0.2) is 132 Å². The molecule has 1 aliphatic carbocycles. The van der Waals surface area contributed by atoms with Crippen LogP contribution in [0.2, 0.25) is 0 Å². The number of methoxy groups -OCH3 is 3. The number of ketones is 3. The lowest BCUT2D eigenvalue weighted by Crippen LogP contribution is -2.61. The third kappa shape index (κ3) is 14.4. The molecule has 4 rings (SSSR count). The number of fused-ring (bicyclic) bond motifs is 3. The van der Waals surface area contributed by atoms with Crippen LogP contribution in [0.5, 0.6) is 0 Å². The maximum atomic E-state index is 14.4. The number of nitrogens with zero attached hydrogens (tertiary/aromatic N) is 1. The van der Waals surface area contributed by atoms with E-state index in [9.17, 15) is 39.3 Å². The Labute approximate surface area is 387 Å². The summed E-state index contributed by atoms with van der Waals surface area (Å²) < 4.78 is 29.4. The second-order valence-corrected chi connectivity index (χ2v) is 20.0. The summed E-state index contributed by atoms with van der Waals surface area (Å²) in [6, 6.07) is -1.13. The minimum atomic E-state index is -2.42. The van der Waals surface area contributed by atoms with E-state index in [2.05, 4.69) is 13.0 Å². The Bertz CT molecular complexity index is 1710. The molecule has 0 radical (unpaired) electrons. The van der Waals surface area contributed by atoms with E-state index in [1.807, 2.05) is 32.9 Å². The Morgan fingerprint density at radius 2 is 1.58 bits per heavy atom. The van der Waals surface area contributed by atoms with Crippen molar-refractivity contribution in [1.82, 2.24) is 4.90 Å². The Balaban J connectivity index is 1.69. The number of cyclic esters (lactones) is 1. The van der Waals surface area contributed by atoms with Gasteiger partial charge in [-0.2, -0.15) is 0 Å². The van der Waals surface area contributed by atoms with Gasteiger partial charge in [0.1, 0.15) is 30.1 Å². The van der Waals surface area contributed by atoms with Crippen molar-refractivity contribution in [3.05, 3.63) is 35.5 Å². The van der Waals surface area contributed by atoms with Gasteiger partial charge >= 0.3 is 5.97 Å². The van der Waals surface area contributed by atoms with Gasteiger partial charge in [-0.05, 0) is 120 Å². The Morgan fingerprint density at radius 1 is 0.862 bits per heavy atom. The number of carbonyl (C=O) groups excluding carboxylic acids is 5. The van der Waals surface area contributed by atoms with E-state index in [1.54, 1.807) is 41.1 Å². The predicted molar refractivity (Wildman–Crippen MR) is 245 cm³/mol. The van der Waals surface area contributed by atoms with Crippen molar-refractivity contribution in [2.24, 2.45) is 35.5 Å². The summed E-state index contributed by atoms with van der Waals surface area (Å²) in [7, 11) is 4.55. The molecule has 3 aliphatic heterocycles. The summed E-state index contributed by atoms with van der Waals surface area (Å²) in [6.07, 6.45) is 9.47. The number of aliphatic hydroxyl groups excluding tert-OH is 2. The molecule has 14 heteroatoms. The van der Waals surface area contributed by atoms with Crippen molar-refractivity contribution in [2.75, 3.05) is 27.9 Å². The zero-order valence-corrected chi connectivity index (χ0v) is 40.9. The normalized spacial score (nSPS) is 38.9. The number of carbonyl (C=O) groups is 5. The highest BCUT2D eigenvalue weighted by Crippen LogP contribution is 2.38. The molecular formula is C51H81NO13. The molecule has 368 valence electrons. The number of hydrogen-bond acceptors (Lipinski definition) is 13. The minimum absolute atomic E-state index is 0.0928. The number of esters is 1. The number of amides is 1. The van der Waals surface area contributed by atoms with E-state index < -0.39 is 83.9 Å². The van der Waals surface area contributed by atoms with Gasteiger partial charge in [-0.3, -0.25) is 19.2 Å². The van der Waals surface area contributed by atoms with E-state index in [0.717, 1.165) is 24.8 Å². The fourth-order valence-electron chi connectivity index (χ4n) is 10.4. The topological polar surface area (TPSA) is 195 Å². The number of hydrogen-bond donors (Lipinski definition) is 3. The maximum absolute atomic E-state index is 14.4. The van der Waals surface area contributed by atoms with Gasteiger partial charge in [0.25, 0.3) is 11.7 Å². The van der Waals surface area contributed by atoms with Crippen LogP contribution in [0.1, 0.15) is 138 Å². The molecule has 14 nitrogen and oxygen atoms in total. The molecule has 3 fully saturated rings.